The Balaban J connectivity index is 2.26. The standard InChI is InChI=1S/C13H18F2N2/c1-8-5-6-9(7-8)13(17-16)10-3-2-4-11(14)12(10)15/h2-4,8-9,13,17H,5-7,16H2,1H3. The van der Waals surface area contributed by atoms with Crippen molar-refractivity contribution in [2.75, 3.05) is 0 Å². The van der Waals surface area contributed by atoms with Crippen LogP contribution in [0, 0.1) is 23.5 Å². The van der Waals surface area contributed by atoms with Crippen molar-refractivity contribution >= 4 is 0 Å². The van der Waals surface area contributed by atoms with E-state index in [4.69, 9.17) is 5.84 Å². The van der Waals surface area contributed by atoms with Crippen LogP contribution in [0.25, 0.3) is 0 Å². The molecule has 1 aliphatic carbocycles. The molecule has 17 heavy (non-hydrogen) atoms. The second-order valence-corrected chi connectivity index (χ2v) is 4.97. The maximum absolute atomic E-state index is 13.7. The zero-order valence-electron chi connectivity index (χ0n) is 9.92. The third-order valence-electron chi connectivity index (χ3n) is 3.70. The maximum Gasteiger partial charge on any atom is 0.163 e. The van der Waals surface area contributed by atoms with Gasteiger partial charge in [0, 0.05) is 5.56 Å². The molecular formula is C13H18F2N2. The molecule has 0 spiro atoms. The summed E-state index contributed by atoms with van der Waals surface area (Å²) < 4.78 is 26.9. The predicted molar refractivity (Wildman–Crippen MR) is 62.9 cm³/mol. The first-order valence-corrected chi connectivity index (χ1v) is 6.03. The number of rotatable bonds is 3. The lowest BCUT2D eigenvalue weighted by molar-refractivity contribution is 0.348. The predicted octanol–water partition coefficient (Wildman–Crippen LogP) is 2.91. The monoisotopic (exact) mass is 240 g/mol. The lowest BCUT2D eigenvalue weighted by atomic mass is 9.91. The lowest BCUT2D eigenvalue weighted by Gasteiger charge is -2.23. The zero-order chi connectivity index (χ0) is 12.4. The molecule has 3 unspecified atom stereocenters. The van der Waals surface area contributed by atoms with Crippen molar-refractivity contribution < 1.29 is 8.78 Å². The quantitative estimate of drug-likeness (QED) is 0.629. The fraction of sp³-hybridized carbons (Fsp3) is 0.538. The number of hydrogen-bond acceptors (Lipinski definition) is 2. The Morgan fingerprint density at radius 3 is 2.71 bits per heavy atom. The van der Waals surface area contributed by atoms with E-state index in [1.54, 1.807) is 6.07 Å². The molecule has 0 amide bonds. The van der Waals surface area contributed by atoms with Gasteiger partial charge >= 0.3 is 0 Å². The summed E-state index contributed by atoms with van der Waals surface area (Å²) in [5.41, 5.74) is 2.98. The average Bonchev–Trinajstić information content (AvgIpc) is 2.72. The van der Waals surface area contributed by atoms with E-state index in [1.807, 2.05) is 0 Å². The summed E-state index contributed by atoms with van der Waals surface area (Å²) in [5.74, 6) is 4.83. The summed E-state index contributed by atoms with van der Waals surface area (Å²) in [6.07, 6.45) is 3.14. The number of nitrogens with two attached hydrogens (primary N) is 1. The second-order valence-electron chi connectivity index (χ2n) is 4.97. The Morgan fingerprint density at radius 1 is 1.35 bits per heavy atom. The van der Waals surface area contributed by atoms with E-state index in [1.165, 1.54) is 6.07 Å². The van der Waals surface area contributed by atoms with Gasteiger partial charge < -0.3 is 0 Å². The van der Waals surface area contributed by atoms with Crippen LogP contribution in [0.5, 0.6) is 0 Å². The first-order valence-electron chi connectivity index (χ1n) is 6.03. The summed E-state index contributed by atoms with van der Waals surface area (Å²) in [5, 5.41) is 0. The minimum atomic E-state index is -0.811. The van der Waals surface area contributed by atoms with E-state index in [2.05, 4.69) is 12.3 Å². The molecule has 3 N–H and O–H groups in total. The van der Waals surface area contributed by atoms with E-state index < -0.39 is 11.6 Å². The Hall–Kier alpha value is -1.00. The lowest BCUT2D eigenvalue weighted by Crippen LogP contribution is -2.33. The molecule has 0 radical (unpaired) electrons. The van der Waals surface area contributed by atoms with Crippen LogP contribution in [0.2, 0.25) is 0 Å². The molecule has 0 aliphatic heterocycles. The smallest absolute Gasteiger partial charge is 0.163 e. The number of hydrogen-bond donors (Lipinski definition) is 2. The van der Waals surface area contributed by atoms with Crippen molar-refractivity contribution in [2.45, 2.75) is 32.2 Å². The molecule has 94 valence electrons. The van der Waals surface area contributed by atoms with Crippen LogP contribution in [0.3, 0.4) is 0 Å². The van der Waals surface area contributed by atoms with Crippen LogP contribution >= 0.6 is 0 Å². The molecule has 2 nitrogen and oxygen atoms in total. The topological polar surface area (TPSA) is 38.0 Å². The van der Waals surface area contributed by atoms with Crippen molar-refractivity contribution in [3.05, 3.63) is 35.4 Å². The molecule has 0 heterocycles. The Morgan fingerprint density at radius 2 is 2.12 bits per heavy atom. The molecule has 4 heteroatoms. The van der Waals surface area contributed by atoms with Gasteiger partial charge in [-0.25, -0.2) is 8.78 Å². The van der Waals surface area contributed by atoms with E-state index in [0.717, 1.165) is 25.3 Å². The molecule has 1 fully saturated rings. The minimum Gasteiger partial charge on any atom is -0.271 e. The van der Waals surface area contributed by atoms with Gasteiger partial charge in [-0.3, -0.25) is 11.3 Å². The molecule has 0 bridgehead atoms. The number of benzene rings is 1. The first kappa shape index (κ1) is 12.5. The highest BCUT2D eigenvalue weighted by Gasteiger charge is 2.31. The van der Waals surface area contributed by atoms with Crippen LogP contribution in [0.15, 0.2) is 18.2 Å². The summed E-state index contributed by atoms with van der Waals surface area (Å²) in [7, 11) is 0. The van der Waals surface area contributed by atoms with Crippen molar-refractivity contribution in [1.82, 2.24) is 5.43 Å². The van der Waals surface area contributed by atoms with Gasteiger partial charge in [0.15, 0.2) is 11.6 Å². The fourth-order valence-corrected chi connectivity index (χ4v) is 2.79. The summed E-state index contributed by atoms with van der Waals surface area (Å²) in [6.45, 7) is 2.18. The van der Waals surface area contributed by atoms with Gasteiger partial charge in [0.05, 0.1) is 6.04 Å². The van der Waals surface area contributed by atoms with E-state index in [9.17, 15) is 8.78 Å². The van der Waals surface area contributed by atoms with Gasteiger partial charge in [-0.05, 0) is 30.7 Å². The third-order valence-corrected chi connectivity index (χ3v) is 3.70. The highest BCUT2D eigenvalue weighted by atomic mass is 19.2. The van der Waals surface area contributed by atoms with Crippen LogP contribution < -0.4 is 11.3 Å². The highest BCUT2D eigenvalue weighted by Crippen LogP contribution is 2.39. The first-order chi connectivity index (χ1) is 8.13. The zero-order valence-corrected chi connectivity index (χ0v) is 9.92. The normalized spacial score (nSPS) is 26.1. The van der Waals surface area contributed by atoms with Gasteiger partial charge in [-0.15, -0.1) is 0 Å². The largest absolute Gasteiger partial charge is 0.271 e. The highest BCUT2D eigenvalue weighted by molar-refractivity contribution is 5.23. The van der Waals surface area contributed by atoms with Crippen molar-refractivity contribution in [3.63, 3.8) is 0 Å². The molecule has 3 atom stereocenters. The molecule has 1 aromatic carbocycles. The molecular weight excluding hydrogens is 222 g/mol. The Labute approximate surface area is 100 Å². The van der Waals surface area contributed by atoms with Crippen LogP contribution in [0.1, 0.15) is 37.8 Å². The molecule has 0 aromatic heterocycles. The fourth-order valence-electron chi connectivity index (χ4n) is 2.79. The van der Waals surface area contributed by atoms with Crippen LogP contribution in [-0.4, -0.2) is 0 Å². The van der Waals surface area contributed by atoms with Gasteiger partial charge in [0.1, 0.15) is 0 Å². The molecule has 1 saturated carbocycles. The van der Waals surface area contributed by atoms with E-state index >= 15 is 0 Å². The Bertz CT molecular complexity index is 395. The van der Waals surface area contributed by atoms with Gasteiger partial charge in [0.2, 0.25) is 0 Å². The molecule has 1 aliphatic rings. The van der Waals surface area contributed by atoms with Crippen LogP contribution in [0.4, 0.5) is 8.78 Å². The molecule has 1 aromatic rings. The number of hydrazine groups is 1. The number of halogens is 2. The number of nitrogens with one attached hydrogen (secondary N) is 1. The third kappa shape index (κ3) is 2.48. The maximum atomic E-state index is 13.7. The average molecular weight is 240 g/mol. The van der Waals surface area contributed by atoms with Gasteiger partial charge in [0.25, 0.3) is 0 Å². The summed E-state index contributed by atoms with van der Waals surface area (Å²) in [4.78, 5) is 0. The molecule has 0 saturated heterocycles. The van der Waals surface area contributed by atoms with E-state index in [-0.39, 0.29) is 12.0 Å². The van der Waals surface area contributed by atoms with Crippen molar-refractivity contribution in [3.8, 4) is 0 Å². The second kappa shape index (κ2) is 5.10. The minimum absolute atomic E-state index is 0.284. The van der Waals surface area contributed by atoms with Crippen molar-refractivity contribution in [2.24, 2.45) is 17.7 Å². The van der Waals surface area contributed by atoms with Crippen molar-refractivity contribution in [1.29, 1.82) is 0 Å². The molecule has 2 rings (SSSR count). The van der Waals surface area contributed by atoms with E-state index in [0.29, 0.717) is 11.5 Å². The summed E-state index contributed by atoms with van der Waals surface area (Å²) >= 11 is 0. The SMILES string of the molecule is CC1CCC(C(NN)c2cccc(F)c2F)C1. The summed E-state index contributed by atoms with van der Waals surface area (Å²) in [6, 6.07) is 3.96. The van der Waals surface area contributed by atoms with Gasteiger partial charge in [-0.1, -0.05) is 25.5 Å². The van der Waals surface area contributed by atoms with Gasteiger partial charge in [-0.2, -0.15) is 0 Å². The Kier molecular flexibility index (Phi) is 3.74. The van der Waals surface area contributed by atoms with Crippen LogP contribution in [-0.2, 0) is 0 Å².